The first-order valence-corrected chi connectivity index (χ1v) is 8.82. The number of rotatable bonds is 5. The van der Waals surface area contributed by atoms with Gasteiger partial charge in [-0.3, -0.25) is 4.79 Å². The predicted molar refractivity (Wildman–Crippen MR) is 77.1 cm³/mol. The highest BCUT2D eigenvalue weighted by molar-refractivity contribution is 9.10. The molecule has 0 aliphatic carbocycles. The molecule has 8 nitrogen and oxygen atoms in total. The normalized spacial score (nSPS) is 23.6. The van der Waals surface area contributed by atoms with E-state index >= 15 is 0 Å². The molecule has 0 spiro atoms. The zero-order chi connectivity index (χ0) is 15.8. The van der Waals surface area contributed by atoms with E-state index in [0.29, 0.717) is 19.3 Å². The fraction of sp³-hybridized carbons (Fsp3) is 0.727. The third kappa shape index (κ3) is 2.49. The number of halogens is 1. The van der Waals surface area contributed by atoms with Gasteiger partial charge in [0.1, 0.15) is 5.54 Å². The van der Waals surface area contributed by atoms with Crippen LogP contribution < -0.4 is 0 Å². The Hall–Kier alpha value is -1.00. The van der Waals surface area contributed by atoms with Gasteiger partial charge in [0.2, 0.25) is 5.03 Å². The number of aliphatic carboxylic acids is 1. The lowest BCUT2D eigenvalue weighted by atomic mass is 9.92. The molecule has 0 amide bonds. The average molecular weight is 381 g/mol. The number of aromatic nitrogens is 3. The Morgan fingerprint density at radius 3 is 2.67 bits per heavy atom. The van der Waals surface area contributed by atoms with Crippen molar-refractivity contribution >= 4 is 31.9 Å². The topological polar surface area (TPSA) is 105 Å². The van der Waals surface area contributed by atoms with E-state index in [4.69, 9.17) is 0 Å². The molecule has 0 radical (unpaired) electrons. The molecule has 1 fully saturated rings. The second-order valence-corrected chi connectivity index (χ2v) is 7.61. The highest BCUT2D eigenvalue weighted by Gasteiger charge is 2.53. The van der Waals surface area contributed by atoms with Gasteiger partial charge in [0, 0.05) is 13.6 Å². The summed E-state index contributed by atoms with van der Waals surface area (Å²) in [6.45, 7) is 2.03. The second-order valence-electron chi connectivity index (χ2n) is 5.08. The lowest BCUT2D eigenvalue weighted by molar-refractivity contribution is -0.147. The van der Waals surface area contributed by atoms with Gasteiger partial charge in [-0.25, -0.2) is 13.1 Å². The molecule has 1 unspecified atom stereocenters. The van der Waals surface area contributed by atoms with Crippen LogP contribution in [0.2, 0.25) is 0 Å². The van der Waals surface area contributed by atoms with Gasteiger partial charge in [-0.2, -0.15) is 4.31 Å². The van der Waals surface area contributed by atoms with Crippen molar-refractivity contribution in [1.29, 1.82) is 0 Å². The van der Waals surface area contributed by atoms with Gasteiger partial charge >= 0.3 is 5.97 Å². The first kappa shape index (κ1) is 16.4. The lowest BCUT2D eigenvalue weighted by Crippen LogP contribution is -2.53. The van der Waals surface area contributed by atoms with Crippen molar-refractivity contribution in [1.82, 2.24) is 19.3 Å². The van der Waals surface area contributed by atoms with E-state index in [1.54, 1.807) is 0 Å². The summed E-state index contributed by atoms with van der Waals surface area (Å²) < 4.78 is 28.0. The molecule has 1 aliphatic heterocycles. The van der Waals surface area contributed by atoms with Crippen LogP contribution in [0.5, 0.6) is 0 Å². The molecule has 0 saturated carbocycles. The number of hydrogen-bond acceptors (Lipinski definition) is 5. The molecule has 2 rings (SSSR count). The minimum Gasteiger partial charge on any atom is -0.480 e. The van der Waals surface area contributed by atoms with Crippen molar-refractivity contribution in [2.45, 2.75) is 43.2 Å². The first-order chi connectivity index (χ1) is 9.77. The Labute approximate surface area is 131 Å². The van der Waals surface area contributed by atoms with Crippen LogP contribution in [-0.2, 0) is 21.9 Å². The van der Waals surface area contributed by atoms with Crippen LogP contribution in [0.1, 0.15) is 32.6 Å². The molecular weight excluding hydrogens is 364 g/mol. The van der Waals surface area contributed by atoms with Crippen LogP contribution in [0.4, 0.5) is 0 Å². The molecule has 1 saturated heterocycles. The molecule has 0 aromatic carbocycles. The Morgan fingerprint density at radius 2 is 2.19 bits per heavy atom. The summed E-state index contributed by atoms with van der Waals surface area (Å²) in [7, 11) is -2.53. The fourth-order valence-electron chi connectivity index (χ4n) is 2.89. The summed E-state index contributed by atoms with van der Waals surface area (Å²) in [6, 6.07) is 0. The maximum Gasteiger partial charge on any atom is 0.325 e. The number of carboxylic acids is 1. The average Bonchev–Trinajstić information content (AvgIpc) is 2.95. The number of nitrogens with zero attached hydrogens (tertiary/aromatic N) is 4. The van der Waals surface area contributed by atoms with E-state index in [2.05, 4.69) is 26.2 Å². The van der Waals surface area contributed by atoms with Crippen LogP contribution in [0, 0.1) is 0 Å². The highest BCUT2D eigenvalue weighted by atomic mass is 79.9. The lowest BCUT2D eigenvalue weighted by Gasteiger charge is -2.33. The van der Waals surface area contributed by atoms with E-state index in [1.807, 2.05) is 6.92 Å². The first-order valence-electron chi connectivity index (χ1n) is 6.59. The number of carboxylic acid groups (broad SMARTS) is 1. The molecule has 1 aliphatic rings. The van der Waals surface area contributed by atoms with E-state index in [-0.39, 0.29) is 22.6 Å². The molecule has 1 N–H and O–H groups in total. The summed E-state index contributed by atoms with van der Waals surface area (Å²) in [5.74, 6) is -1.10. The van der Waals surface area contributed by atoms with Crippen LogP contribution in [-0.4, -0.2) is 50.9 Å². The van der Waals surface area contributed by atoms with Crippen LogP contribution in [0.15, 0.2) is 9.63 Å². The van der Waals surface area contributed by atoms with Crippen molar-refractivity contribution in [3.05, 3.63) is 4.60 Å². The SMILES string of the molecule is CCCC1(C(=O)O)CCCN1S(=O)(=O)c1c(Br)nnn1C. The molecule has 10 heteroatoms. The standard InChI is InChI=1S/C11H17BrN4O4S/c1-3-5-11(10(17)18)6-4-7-16(11)21(19,20)9-8(12)13-14-15(9)2/h3-7H2,1-2H3,(H,17,18). The maximum atomic E-state index is 12.9. The number of sulfonamides is 1. The number of hydrogen-bond donors (Lipinski definition) is 1. The highest BCUT2D eigenvalue weighted by Crippen LogP contribution is 2.39. The van der Waals surface area contributed by atoms with Crippen molar-refractivity contribution in [3.8, 4) is 0 Å². The largest absolute Gasteiger partial charge is 0.480 e. The summed E-state index contributed by atoms with van der Waals surface area (Å²) in [6.07, 6.45) is 1.71. The number of aryl methyl sites for hydroxylation is 1. The molecule has 2 heterocycles. The monoisotopic (exact) mass is 380 g/mol. The molecule has 1 aromatic heterocycles. The zero-order valence-corrected chi connectivity index (χ0v) is 14.2. The quantitative estimate of drug-likeness (QED) is 0.815. The van der Waals surface area contributed by atoms with Crippen molar-refractivity contribution in [3.63, 3.8) is 0 Å². The van der Waals surface area contributed by atoms with E-state index in [0.717, 1.165) is 8.99 Å². The molecular formula is C11H17BrN4O4S. The predicted octanol–water partition coefficient (Wildman–Crippen LogP) is 0.986. The van der Waals surface area contributed by atoms with E-state index in [9.17, 15) is 18.3 Å². The smallest absolute Gasteiger partial charge is 0.325 e. The third-order valence-electron chi connectivity index (χ3n) is 3.76. The van der Waals surface area contributed by atoms with Crippen LogP contribution in [0.3, 0.4) is 0 Å². The Morgan fingerprint density at radius 1 is 1.52 bits per heavy atom. The van der Waals surface area contributed by atoms with Gasteiger partial charge in [-0.1, -0.05) is 18.6 Å². The zero-order valence-electron chi connectivity index (χ0n) is 11.8. The Bertz CT molecular complexity index is 640. The minimum atomic E-state index is -3.99. The van der Waals surface area contributed by atoms with Crippen molar-refractivity contribution in [2.24, 2.45) is 7.05 Å². The van der Waals surface area contributed by atoms with E-state index in [1.165, 1.54) is 7.05 Å². The summed E-state index contributed by atoms with van der Waals surface area (Å²) in [5.41, 5.74) is -1.38. The minimum absolute atomic E-state index is 0.0905. The molecule has 118 valence electrons. The van der Waals surface area contributed by atoms with E-state index < -0.39 is 21.5 Å². The van der Waals surface area contributed by atoms with Crippen LogP contribution in [0.25, 0.3) is 0 Å². The summed E-state index contributed by atoms with van der Waals surface area (Å²) >= 11 is 3.07. The molecule has 0 bridgehead atoms. The van der Waals surface area contributed by atoms with Crippen LogP contribution >= 0.6 is 15.9 Å². The second kappa shape index (κ2) is 5.65. The Kier molecular flexibility index (Phi) is 4.41. The van der Waals surface area contributed by atoms with Crippen molar-refractivity contribution in [2.75, 3.05) is 6.54 Å². The molecule has 1 aromatic rings. The third-order valence-corrected chi connectivity index (χ3v) is 6.62. The van der Waals surface area contributed by atoms with Gasteiger partial charge in [0.05, 0.1) is 0 Å². The number of carbonyl (C=O) groups is 1. The van der Waals surface area contributed by atoms with Crippen molar-refractivity contribution < 1.29 is 18.3 Å². The van der Waals surface area contributed by atoms with Gasteiger partial charge < -0.3 is 5.11 Å². The fourth-order valence-corrected chi connectivity index (χ4v) is 5.75. The molecule has 1 atom stereocenters. The molecule has 21 heavy (non-hydrogen) atoms. The summed E-state index contributed by atoms with van der Waals surface area (Å²) in [4.78, 5) is 11.8. The van der Waals surface area contributed by atoms with Gasteiger partial charge in [-0.15, -0.1) is 5.10 Å². The summed E-state index contributed by atoms with van der Waals surface area (Å²) in [5, 5.41) is 16.8. The Balaban J connectivity index is 2.56. The van der Waals surface area contributed by atoms with Gasteiger partial charge in [0.15, 0.2) is 4.60 Å². The maximum absolute atomic E-state index is 12.9. The van der Waals surface area contributed by atoms with Gasteiger partial charge in [0.25, 0.3) is 10.0 Å². The van der Waals surface area contributed by atoms with Gasteiger partial charge in [-0.05, 0) is 35.2 Å².